The fourth-order valence-corrected chi connectivity index (χ4v) is 0.814. The Morgan fingerprint density at radius 1 is 1.38 bits per heavy atom. The van der Waals surface area contributed by atoms with E-state index < -0.39 is 10.9 Å². The van der Waals surface area contributed by atoms with Crippen molar-refractivity contribution in [1.82, 2.24) is 0 Å². The van der Waals surface area contributed by atoms with Crippen LogP contribution in [-0.2, 0) is 0 Å². The minimum atomic E-state index is -1.29. The van der Waals surface area contributed by atoms with Crippen LogP contribution in [0.1, 0.15) is 10.4 Å². The Labute approximate surface area is 95.8 Å². The van der Waals surface area contributed by atoms with Crippen LogP contribution in [0.4, 0.5) is 5.69 Å². The van der Waals surface area contributed by atoms with Gasteiger partial charge in [0.05, 0.1) is 4.92 Å². The molecule has 0 heterocycles. The van der Waals surface area contributed by atoms with Crippen LogP contribution in [0, 0.1) is 10.1 Å². The number of nitro benzene ring substituents is 1. The van der Waals surface area contributed by atoms with Crippen molar-refractivity contribution in [3.63, 3.8) is 0 Å². The van der Waals surface area contributed by atoms with Crippen molar-refractivity contribution in [2.75, 3.05) is 0 Å². The van der Waals surface area contributed by atoms with Crippen LogP contribution in [-0.4, -0.2) is 45.6 Å². The molecule has 1 aromatic carbocycles. The number of carboxylic acids is 1. The van der Waals surface area contributed by atoms with Gasteiger partial charge in [-0.3, -0.25) is 10.1 Å². The first-order chi connectivity index (χ1) is 5.63. The zero-order valence-electron chi connectivity index (χ0n) is 5.93. The third kappa shape index (κ3) is 2.80. The summed E-state index contributed by atoms with van der Waals surface area (Å²) in [6.07, 6.45) is 0. The number of hydrogen-bond donors (Lipinski definition) is 1. The van der Waals surface area contributed by atoms with Crippen molar-refractivity contribution >= 4 is 41.2 Å². The molecule has 6 heteroatoms. The number of nitrogens with zero attached hydrogens (tertiary/aromatic N) is 1. The fraction of sp³-hybridized carbons (Fsp3) is 0. The molecule has 0 aromatic heterocycles. The van der Waals surface area contributed by atoms with Crippen LogP contribution in [0.3, 0.4) is 0 Å². The molecule has 1 N–H and O–H groups in total. The Morgan fingerprint density at radius 3 is 2.31 bits per heavy atom. The van der Waals surface area contributed by atoms with Gasteiger partial charge in [-0.25, -0.2) is 4.79 Å². The fourth-order valence-electron chi connectivity index (χ4n) is 0.814. The molecule has 0 atom stereocenters. The van der Waals surface area contributed by atoms with E-state index in [9.17, 15) is 14.9 Å². The molecule has 0 aliphatic rings. The summed E-state index contributed by atoms with van der Waals surface area (Å²) in [5.41, 5.74) is -0.674. The van der Waals surface area contributed by atoms with Gasteiger partial charge in [-0.1, -0.05) is 12.1 Å². The van der Waals surface area contributed by atoms with Crippen molar-refractivity contribution in [1.29, 1.82) is 0 Å². The molecule has 0 aliphatic heterocycles. The molecule has 5 nitrogen and oxygen atoms in total. The van der Waals surface area contributed by atoms with Gasteiger partial charge in [-0.05, 0) is 6.07 Å². The van der Waals surface area contributed by atoms with Gasteiger partial charge < -0.3 is 5.11 Å². The van der Waals surface area contributed by atoms with E-state index in [0.29, 0.717) is 0 Å². The maximum absolute atomic E-state index is 10.4. The molecule has 1 aromatic rings. The van der Waals surface area contributed by atoms with E-state index in [1.165, 1.54) is 18.2 Å². The summed E-state index contributed by atoms with van der Waals surface area (Å²) in [6.45, 7) is 0. The maximum atomic E-state index is 10.4. The van der Waals surface area contributed by atoms with Crippen LogP contribution >= 0.6 is 0 Å². The number of aromatic carboxylic acids is 1. The van der Waals surface area contributed by atoms with Crippen LogP contribution < -0.4 is 0 Å². The molecule has 0 spiro atoms. The van der Waals surface area contributed by atoms with Crippen molar-refractivity contribution < 1.29 is 14.8 Å². The Bertz CT molecular complexity index is 306. The molecular formula is C7H6NNaO4. The van der Waals surface area contributed by atoms with Crippen LogP contribution in [0.25, 0.3) is 0 Å². The summed E-state index contributed by atoms with van der Waals surface area (Å²) < 4.78 is 0. The van der Waals surface area contributed by atoms with Gasteiger partial charge in [-0.15, -0.1) is 0 Å². The van der Waals surface area contributed by atoms with Crippen LogP contribution in [0.15, 0.2) is 24.3 Å². The summed E-state index contributed by atoms with van der Waals surface area (Å²) in [5, 5.41) is 18.8. The van der Waals surface area contributed by atoms with Gasteiger partial charge in [-0.2, -0.15) is 0 Å². The first kappa shape index (κ1) is 12.1. The summed E-state index contributed by atoms with van der Waals surface area (Å²) in [6, 6.07) is 5.21. The zero-order chi connectivity index (χ0) is 9.14. The van der Waals surface area contributed by atoms with E-state index in [1.54, 1.807) is 0 Å². The summed E-state index contributed by atoms with van der Waals surface area (Å²) >= 11 is 0. The van der Waals surface area contributed by atoms with Gasteiger partial charge in [0.2, 0.25) is 0 Å². The van der Waals surface area contributed by atoms with Crippen molar-refractivity contribution in [2.45, 2.75) is 0 Å². The summed E-state index contributed by atoms with van der Waals surface area (Å²) in [5.74, 6) is -1.29. The normalized spacial score (nSPS) is 8.62. The van der Waals surface area contributed by atoms with Crippen molar-refractivity contribution in [3.8, 4) is 0 Å². The second kappa shape index (κ2) is 4.96. The van der Waals surface area contributed by atoms with Gasteiger partial charge in [0, 0.05) is 6.07 Å². The van der Waals surface area contributed by atoms with Gasteiger partial charge >= 0.3 is 35.5 Å². The predicted molar refractivity (Wildman–Crippen MR) is 47.2 cm³/mol. The van der Waals surface area contributed by atoms with Crippen molar-refractivity contribution in [3.05, 3.63) is 39.9 Å². The number of carbonyl (C=O) groups is 1. The number of hydrogen-bond acceptors (Lipinski definition) is 3. The summed E-state index contributed by atoms with van der Waals surface area (Å²) in [7, 11) is 0. The van der Waals surface area contributed by atoms with E-state index in [0.717, 1.165) is 6.07 Å². The monoisotopic (exact) mass is 191 g/mol. The summed E-state index contributed by atoms with van der Waals surface area (Å²) in [4.78, 5) is 20.0. The van der Waals surface area contributed by atoms with Crippen LogP contribution in [0.5, 0.6) is 0 Å². The first-order valence-corrected chi connectivity index (χ1v) is 3.09. The van der Waals surface area contributed by atoms with Gasteiger partial charge in [0.1, 0.15) is 5.56 Å². The molecule has 1 rings (SSSR count). The molecule has 0 unspecified atom stereocenters. The number of para-hydroxylation sites is 1. The standard InChI is InChI=1S/C7H5NO4.Na.H/c9-7(10)5-3-1-2-4-6(5)8(11)12;;/h1-4H,(H,9,10);;. The molecule has 0 fully saturated rings. The molecule has 0 bridgehead atoms. The van der Waals surface area contributed by atoms with E-state index in [-0.39, 0.29) is 40.8 Å². The minimum absolute atomic E-state index is 0. The Morgan fingerprint density at radius 2 is 1.92 bits per heavy atom. The average molecular weight is 191 g/mol. The SMILES string of the molecule is O=C(O)c1ccccc1[N+](=O)[O-].[NaH]. The van der Waals surface area contributed by atoms with Gasteiger partial charge in [0.25, 0.3) is 5.69 Å². The molecule has 64 valence electrons. The zero-order valence-corrected chi connectivity index (χ0v) is 5.93. The molecular weight excluding hydrogens is 185 g/mol. The molecule has 13 heavy (non-hydrogen) atoms. The van der Waals surface area contributed by atoms with Gasteiger partial charge in [0.15, 0.2) is 0 Å². The predicted octanol–water partition coefficient (Wildman–Crippen LogP) is 0.644. The number of carboxylic acid groups (broad SMARTS) is 1. The molecule has 0 radical (unpaired) electrons. The molecule has 0 saturated heterocycles. The van der Waals surface area contributed by atoms with Crippen molar-refractivity contribution in [2.24, 2.45) is 0 Å². The van der Waals surface area contributed by atoms with E-state index in [1.807, 2.05) is 0 Å². The third-order valence-corrected chi connectivity index (χ3v) is 1.33. The first-order valence-electron chi connectivity index (χ1n) is 3.09. The molecule has 0 amide bonds. The Hall–Kier alpha value is -0.910. The number of rotatable bonds is 2. The third-order valence-electron chi connectivity index (χ3n) is 1.33. The molecule has 0 saturated carbocycles. The quantitative estimate of drug-likeness (QED) is 0.422. The average Bonchev–Trinajstić information content (AvgIpc) is 2.04. The second-order valence-electron chi connectivity index (χ2n) is 2.08. The molecule has 0 aliphatic carbocycles. The Balaban J connectivity index is 0.00000144. The van der Waals surface area contributed by atoms with E-state index in [4.69, 9.17) is 5.11 Å². The number of nitro groups is 1. The topological polar surface area (TPSA) is 80.4 Å². The van der Waals surface area contributed by atoms with E-state index >= 15 is 0 Å². The Kier molecular flexibility index (Phi) is 4.61. The number of benzene rings is 1. The van der Waals surface area contributed by atoms with Crippen LogP contribution in [0.2, 0.25) is 0 Å². The second-order valence-corrected chi connectivity index (χ2v) is 2.08. The van der Waals surface area contributed by atoms with E-state index in [2.05, 4.69) is 0 Å².